The van der Waals surface area contributed by atoms with Gasteiger partial charge in [-0.05, 0) is 37.7 Å². The third-order valence-electron chi connectivity index (χ3n) is 3.83. The first kappa shape index (κ1) is 18.3. The van der Waals surface area contributed by atoms with Gasteiger partial charge >= 0.3 is 0 Å². The molecule has 0 heterocycles. The lowest BCUT2D eigenvalue weighted by Gasteiger charge is -2.17. The SMILES string of the molecule is CCCCCCCCCC(COc1ccc(Cl)cc1)NC. The number of unbranched alkanes of at least 4 members (excludes halogenated alkanes) is 6. The van der Waals surface area contributed by atoms with Crippen LogP contribution < -0.4 is 10.1 Å². The van der Waals surface area contributed by atoms with Gasteiger partial charge < -0.3 is 10.1 Å². The van der Waals surface area contributed by atoms with Crippen LogP contribution in [-0.2, 0) is 0 Å². The molecule has 0 fully saturated rings. The molecule has 0 aromatic heterocycles. The van der Waals surface area contributed by atoms with E-state index in [1.807, 2.05) is 31.3 Å². The van der Waals surface area contributed by atoms with E-state index in [1.165, 1.54) is 51.4 Å². The molecule has 1 unspecified atom stereocenters. The summed E-state index contributed by atoms with van der Waals surface area (Å²) < 4.78 is 5.80. The standard InChI is InChI=1S/C18H30ClNO/c1-3-4-5-6-7-8-9-10-17(20-2)15-21-18-13-11-16(19)12-14-18/h11-14,17,20H,3-10,15H2,1-2H3. The lowest BCUT2D eigenvalue weighted by atomic mass is 10.1. The Bertz CT molecular complexity index is 353. The Balaban J connectivity index is 2.09. The van der Waals surface area contributed by atoms with Gasteiger partial charge in [-0.3, -0.25) is 0 Å². The van der Waals surface area contributed by atoms with Gasteiger partial charge in [0, 0.05) is 11.1 Å². The number of hydrogen-bond donors (Lipinski definition) is 1. The second-order valence-corrected chi connectivity index (χ2v) is 6.10. The van der Waals surface area contributed by atoms with E-state index in [4.69, 9.17) is 16.3 Å². The molecule has 0 aliphatic carbocycles. The maximum absolute atomic E-state index is 5.86. The zero-order chi connectivity index (χ0) is 15.3. The predicted molar refractivity (Wildman–Crippen MR) is 92.4 cm³/mol. The molecule has 120 valence electrons. The van der Waals surface area contributed by atoms with Gasteiger partial charge in [0.1, 0.15) is 12.4 Å². The van der Waals surface area contributed by atoms with Crippen LogP contribution in [0.3, 0.4) is 0 Å². The van der Waals surface area contributed by atoms with E-state index in [2.05, 4.69) is 12.2 Å². The van der Waals surface area contributed by atoms with Crippen molar-refractivity contribution in [1.82, 2.24) is 5.32 Å². The van der Waals surface area contributed by atoms with Gasteiger partial charge in [-0.25, -0.2) is 0 Å². The highest BCUT2D eigenvalue weighted by atomic mass is 35.5. The first-order valence-corrected chi connectivity index (χ1v) is 8.69. The van der Waals surface area contributed by atoms with Crippen molar-refractivity contribution in [2.45, 2.75) is 64.3 Å². The van der Waals surface area contributed by atoms with Crippen LogP contribution in [0.1, 0.15) is 58.3 Å². The summed E-state index contributed by atoms with van der Waals surface area (Å²) in [6.07, 6.45) is 10.7. The fraction of sp³-hybridized carbons (Fsp3) is 0.667. The lowest BCUT2D eigenvalue weighted by molar-refractivity contribution is 0.260. The number of rotatable bonds is 12. The highest BCUT2D eigenvalue weighted by Gasteiger charge is 2.06. The molecule has 2 nitrogen and oxygen atoms in total. The molecule has 0 aliphatic heterocycles. The number of halogens is 1. The zero-order valence-corrected chi connectivity index (χ0v) is 14.3. The quantitative estimate of drug-likeness (QED) is 0.518. The van der Waals surface area contributed by atoms with Crippen LogP contribution in [0.15, 0.2) is 24.3 Å². The molecule has 21 heavy (non-hydrogen) atoms. The van der Waals surface area contributed by atoms with Gasteiger partial charge in [-0.2, -0.15) is 0 Å². The van der Waals surface area contributed by atoms with Crippen molar-refractivity contribution in [2.24, 2.45) is 0 Å². The third-order valence-corrected chi connectivity index (χ3v) is 4.08. The second kappa shape index (κ2) is 11.9. The predicted octanol–water partition coefficient (Wildman–Crippen LogP) is 5.45. The van der Waals surface area contributed by atoms with Crippen LogP contribution >= 0.6 is 11.6 Å². The van der Waals surface area contributed by atoms with Crippen molar-refractivity contribution >= 4 is 11.6 Å². The molecular formula is C18H30ClNO. The molecule has 1 N–H and O–H groups in total. The summed E-state index contributed by atoms with van der Waals surface area (Å²) in [5, 5.41) is 4.09. The van der Waals surface area contributed by atoms with Crippen molar-refractivity contribution in [3.05, 3.63) is 29.3 Å². The largest absolute Gasteiger partial charge is 0.492 e. The number of hydrogen-bond acceptors (Lipinski definition) is 2. The summed E-state index contributed by atoms with van der Waals surface area (Å²) in [6.45, 7) is 2.98. The van der Waals surface area contributed by atoms with Crippen molar-refractivity contribution < 1.29 is 4.74 Å². The third kappa shape index (κ3) is 9.00. The minimum absolute atomic E-state index is 0.427. The van der Waals surface area contributed by atoms with Gasteiger partial charge in [-0.1, -0.05) is 63.5 Å². The summed E-state index contributed by atoms with van der Waals surface area (Å²) in [6, 6.07) is 7.99. The maximum atomic E-state index is 5.86. The Morgan fingerprint density at radius 2 is 1.62 bits per heavy atom. The van der Waals surface area contributed by atoms with Crippen molar-refractivity contribution in [1.29, 1.82) is 0 Å². The van der Waals surface area contributed by atoms with Crippen molar-refractivity contribution in [3.8, 4) is 5.75 Å². The first-order valence-electron chi connectivity index (χ1n) is 8.32. The van der Waals surface area contributed by atoms with Crippen molar-refractivity contribution in [3.63, 3.8) is 0 Å². The van der Waals surface area contributed by atoms with Crippen molar-refractivity contribution in [2.75, 3.05) is 13.7 Å². The molecule has 1 aromatic carbocycles. The monoisotopic (exact) mass is 311 g/mol. The van der Waals surface area contributed by atoms with Crippen LogP contribution in [-0.4, -0.2) is 19.7 Å². The Morgan fingerprint density at radius 3 is 2.24 bits per heavy atom. The highest BCUT2D eigenvalue weighted by Crippen LogP contribution is 2.16. The molecule has 0 saturated heterocycles. The summed E-state index contributed by atoms with van der Waals surface area (Å²) in [5.74, 6) is 0.888. The topological polar surface area (TPSA) is 21.3 Å². The minimum Gasteiger partial charge on any atom is -0.492 e. The average molecular weight is 312 g/mol. The molecular weight excluding hydrogens is 282 g/mol. The summed E-state index contributed by atoms with van der Waals surface area (Å²) in [7, 11) is 2.01. The molecule has 0 saturated carbocycles. The van der Waals surface area contributed by atoms with Crippen LogP contribution in [0.2, 0.25) is 5.02 Å². The molecule has 1 rings (SSSR count). The molecule has 3 heteroatoms. The molecule has 0 aliphatic rings. The number of likely N-dealkylation sites (N-methyl/N-ethyl adjacent to an activating group) is 1. The van der Waals surface area contributed by atoms with E-state index >= 15 is 0 Å². The Morgan fingerprint density at radius 1 is 1.00 bits per heavy atom. The number of ether oxygens (including phenoxy) is 1. The molecule has 0 amide bonds. The van der Waals surface area contributed by atoms with Crippen LogP contribution in [0, 0.1) is 0 Å². The minimum atomic E-state index is 0.427. The highest BCUT2D eigenvalue weighted by molar-refractivity contribution is 6.30. The molecule has 0 bridgehead atoms. The Kier molecular flexibility index (Phi) is 10.4. The van der Waals surface area contributed by atoms with Crippen LogP contribution in [0.25, 0.3) is 0 Å². The smallest absolute Gasteiger partial charge is 0.119 e. The molecule has 1 aromatic rings. The van der Waals surface area contributed by atoms with E-state index < -0.39 is 0 Å². The van der Waals surface area contributed by atoms with E-state index in [1.54, 1.807) is 0 Å². The van der Waals surface area contributed by atoms with E-state index in [9.17, 15) is 0 Å². The molecule has 1 atom stereocenters. The summed E-state index contributed by atoms with van der Waals surface area (Å²) in [5.41, 5.74) is 0. The van der Waals surface area contributed by atoms with E-state index in [0.29, 0.717) is 12.6 Å². The number of benzene rings is 1. The van der Waals surface area contributed by atoms with Gasteiger partial charge in [0.25, 0.3) is 0 Å². The van der Waals surface area contributed by atoms with Crippen LogP contribution in [0.4, 0.5) is 0 Å². The zero-order valence-electron chi connectivity index (χ0n) is 13.5. The van der Waals surface area contributed by atoms with Gasteiger partial charge in [0.05, 0.1) is 0 Å². The number of nitrogens with one attached hydrogen (secondary N) is 1. The van der Waals surface area contributed by atoms with E-state index in [-0.39, 0.29) is 0 Å². The average Bonchev–Trinajstić information content (AvgIpc) is 2.51. The molecule has 0 spiro atoms. The van der Waals surface area contributed by atoms with Gasteiger partial charge in [0.15, 0.2) is 0 Å². The Hall–Kier alpha value is -0.730. The summed E-state index contributed by atoms with van der Waals surface area (Å²) in [4.78, 5) is 0. The molecule has 0 radical (unpaired) electrons. The van der Waals surface area contributed by atoms with Gasteiger partial charge in [-0.15, -0.1) is 0 Å². The lowest BCUT2D eigenvalue weighted by Crippen LogP contribution is -2.31. The maximum Gasteiger partial charge on any atom is 0.119 e. The van der Waals surface area contributed by atoms with E-state index in [0.717, 1.165) is 10.8 Å². The Labute approximate surface area is 135 Å². The summed E-state index contributed by atoms with van der Waals surface area (Å²) >= 11 is 5.86. The fourth-order valence-electron chi connectivity index (χ4n) is 2.39. The normalized spacial score (nSPS) is 12.3. The first-order chi connectivity index (χ1) is 10.3. The van der Waals surface area contributed by atoms with Gasteiger partial charge in [0.2, 0.25) is 0 Å². The second-order valence-electron chi connectivity index (χ2n) is 5.66. The van der Waals surface area contributed by atoms with Crippen LogP contribution in [0.5, 0.6) is 5.75 Å². The fourth-order valence-corrected chi connectivity index (χ4v) is 2.51.